The van der Waals surface area contributed by atoms with Gasteiger partial charge in [-0.25, -0.2) is 0 Å². The van der Waals surface area contributed by atoms with Gasteiger partial charge in [0, 0.05) is 75.9 Å². The fourth-order valence-corrected chi connectivity index (χ4v) is 17.0. The van der Waals surface area contributed by atoms with Gasteiger partial charge in [0.2, 0.25) is 0 Å². The van der Waals surface area contributed by atoms with Gasteiger partial charge in [0.1, 0.15) is 11.2 Å². The van der Waals surface area contributed by atoms with Gasteiger partial charge in [0.15, 0.2) is 11.2 Å². The monoisotopic (exact) mass is 1300 g/mol. The van der Waals surface area contributed by atoms with Crippen LogP contribution < -0.4 is 0 Å². The minimum Gasteiger partial charge on any atom is -0.454 e. The summed E-state index contributed by atoms with van der Waals surface area (Å²) in [6.45, 7) is 0. The van der Waals surface area contributed by atoms with E-state index in [4.69, 9.17) is 8.83 Å². The molecule has 474 valence electrons. The second kappa shape index (κ2) is 21.9. The maximum absolute atomic E-state index is 7.12. The topological polar surface area (TPSA) is 46.0 Å². The fraction of sp³-hybridized carbons (Fsp3) is 0. The Morgan fingerprint density at radius 3 is 1.12 bits per heavy atom. The Hall–Kier alpha value is -13.7. The van der Waals surface area contributed by atoms with Gasteiger partial charge in [0.25, 0.3) is 0 Å². The summed E-state index contributed by atoms with van der Waals surface area (Å²) in [5.74, 6) is 0. The van der Waals surface area contributed by atoms with Crippen LogP contribution in [0.5, 0.6) is 0 Å². The lowest BCUT2D eigenvalue weighted by atomic mass is 9.95. The molecule has 102 heavy (non-hydrogen) atoms. The van der Waals surface area contributed by atoms with E-state index in [0.29, 0.717) is 0 Å². The van der Waals surface area contributed by atoms with Crippen molar-refractivity contribution in [1.29, 1.82) is 0 Å². The largest absolute Gasteiger partial charge is 0.454 e. The van der Waals surface area contributed by atoms with Gasteiger partial charge in [-0.15, -0.1) is 0 Å². The highest BCUT2D eigenvalue weighted by Gasteiger charge is 2.24. The molecule has 0 spiro atoms. The molecule has 6 heteroatoms. The minimum atomic E-state index is 0.849. The number of nitrogens with zero attached hydrogens (tertiary/aromatic N) is 4. The molecule has 22 rings (SSSR count). The number of hydrogen-bond donors (Lipinski definition) is 0. The zero-order valence-corrected chi connectivity index (χ0v) is 55.1. The standard InChI is InChI=1S/C96H58N4O2/c1-2-21-59(22-3-1)68-27-4-10-36-81(68)98-83-38-12-6-29-71(83)78-56-63(46-50-87(78)98)65-48-52-89-80(58-65)73-31-8-14-40-85(73)100(89)91-42-19-35-76-94-69(33-20-44-93(94)102-96(76)91)66-25-16-23-60(53-66)61-24-17-26-67(54-61)97-82-37-11-5-28-70(82)77-55-62(45-49-86(77)97)64-47-51-88-79(57-64)72-30-7-13-39-84(72)99(88)90-41-18-34-75-74-32-9-15-43-92(74)101-95(75)90/h1-58H. The SMILES string of the molecule is c1ccc(-c2ccccc2-n2c3ccccc3c3cc(-c4ccc5c(c4)c4ccccc4n5-c4cccc5c4oc4cccc(-c6cccc(-c7cccc(-n8c9ccccc9c9cc(-c%10ccc%11c(c%10)c%10ccccc%10n%11-c%10cccc%11c%10oc%10ccccc%10%11)ccc98)c7)c6)c45)ccc32)cc1. The molecule has 0 amide bonds. The van der Waals surface area contributed by atoms with Crippen LogP contribution in [0.2, 0.25) is 0 Å². The second-order valence-corrected chi connectivity index (χ2v) is 27.0. The Bertz CT molecular complexity index is 7270. The third-order valence-electron chi connectivity index (χ3n) is 21.6. The highest BCUT2D eigenvalue weighted by atomic mass is 16.3. The molecule has 22 aromatic rings. The van der Waals surface area contributed by atoms with E-state index < -0.39 is 0 Å². The van der Waals surface area contributed by atoms with Crippen LogP contribution in [0, 0.1) is 0 Å². The van der Waals surface area contributed by atoms with Crippen LogP contribution >= 0.6 is 0 Å². The Kier molecular flexibility index (Phi) is 12.1. The number of para-hydroxylation sites is 8. The highest BCUT2D eigenvalue weighted by Crippen LogP contribution is 2.46. The molecule has 0 saturated carbocycles. The van der Waals surface area contributed by atoms with E-state index in [9.17, 15) is 0 Å². The van der Waals surface area contributed by atoms with Crippen molar-refractivity contribution >= 4 is 131 Å². The summed E-state index contributed by atoms with van der Waals surface area (Å²) in [5.41, 5.74) is 28.5. The van der Waals surface area contributed by atoms with Crippen molar-refractivity contribution in [2.24, 2.45) is 0 Å². The lowest BCUT2D eigenvalue weighted by Crippen LogP contribution is -1.97. The Balaban J connectivity index is 0.608. The Labute approximate surface area is 584 Å². The molecule has 16 aromatic carbocycles. The lowest BCUT2D eigenvalue weighted by molar-refractivity contribution is 0.666. The molecular formula is C96H58N4O2. The summed E-state index contributed by atoms with van der Waals surface area (Å²) in [6, 6.07) is 128. The van der Waals surface area contributed by atoms with E-state index in [1.165, 1.54) is 81.9 Å². The van der Waals surface area contributed by atoms with Crippen LogP contribution in [0.25, 0.3) is 209 Å². The van der Waals surface area contributed by atoms with E-state index in [1.54, 1.807) is 0 Å². The predicted molar refractivity (Wildman–Crippen MR) is 426 cm³/mol. The molecule has 0 aliphatic carbocycles. The number of furan rings is 2. The van der Waals surface area contributed by atoms with Crippen LogP contribution in [0.1, 0.15) is 0 Å². The number of aromatic nitrogens is 4. The fourth-order valence-electron chi connectivity index (χ4n) is 17.0. The molecule has 0 fully saturated rings. The molecule has 0 unspecified atom stereocenters. The zero-order valence-electron chi connectivity index (χ0n) is 55.1. The zero-order chi connectivity index (χ0) is 66.7. The van der Waals surface area contributed by atoms with Gasteiger partial charge in [-0.3, -0.25) is 0 Å². The molecule has 0 saturated heterocycles. The molecule has 0 atom stereocenters. The van der Waals surface area contributed by atoms with Crippen LogP contribution in [-0.4, -0.2) is 18.3 Å². The van der Waals surface area contributed by atoms with Crippen molar-refractivity contribution in [2.75, 3.05) is 0 Å². The molecule has 0 aliphatic rings. The first-order valence-corrected chi connectivity index (χ1v) is 35.0. The van der Waals surface area contributed by atoms with Gasteiger partial charge in [-0.05, 0) is 171 Å². The molecule has 6 heterocycles. The van der Waals surface area contributed by atoms with E-state index in [1.807, 2.05) is 6.07 Å². The second-order valence-electron chi connectivity index (χ2n) is 27.0. The third kappa shape index (κ3) is 8.35. The number of benzene rings is 16. The number of hydrogen-bond acceptors (Lipinski definition) is 2. The van der Waals surface area contributed by atoms with Crippen molar-refractivity contribution in [3.63, 3.8) is 0 Å². The summed E-state index contributed by atoms with van der Waals surface area (Å²) < 4.78 is 23.4. The van der Waals surface area contributed by atoms with Gasteiger partial charge in [-0.1, -0.05) is 231 Å². The number of rotatable bonds is 9. The minimum absolute atomic E-state index is 0.849. The van der Waals surface area contributed by atoms with Crippen LogP contribution in [0.3, 0.4) is 0 Å². The molecular weight excluding hydrogens is 1240 g/mol. The van der Waals surface area contributed by atoms with Crippen molar-refractivity contribution in [2.45, 2.75) is 0 Å². The first-order valence-electron chi connectivity index (χ1n) is 35.0. The molecule has 6 aromatic heterocycles. The van der Waals surface area contributed by atoms with Gasteiger partial charge >= 0.3 is 0 Å². The van der Waals surface area contributed by atoms with Crippen LogP contribution in [0.4, 0.5) is 0 Å². The lowest BCUT2D eigenvalue weighted by Gasteiger charge is -2.14. The molecule has 0 N–H and O–H groups in total. The normalized spacial score (nSPS) is 12.1. The average molecular weight is 1300 g/mol. The predicted octanol–water partition coefficient (Wildman–Crippen LogP) is 26.2. The maximum Gasteiger partial charge on any atom is 0.159 e. The van der Waals surface area contributed by atoms with Gasteiger partial charge in [0.05, 0.1) is 61.2 Å². The molecule has 0 aliphatic heterocycles. The summed E-state index contributed by atoms with van der Waals surface area (Å²) >= 11 is 0. The van der Waals surface area contributed by atoms with E-state index >= 15 is 0 Å². The summed E-state index contributed by atoms with van der Waals surface area (Å²) in [6.07, 6.45) is 0. The van der Waals surface area contributed by atoms with Gasteiger partial charge in [-0.2, -0.15) is 0 Å². The Morgan fingerprint density at radius 1 is 0.176 bits per heavy atom. The van der Waals surface area contributed by atoms with Crippen LogP contribution in [-0.2, 0) is 0 Å². The van der Waals surface area contributed by atoms with E-state index in [2.05, 4.69) is 364 Å². The van der Waals surface area contributed by atoms with Gasteiger partial charge < -0.3 is 27.1 Å². The third-order valence-corrected chi connectivity index (χ3v) is 21.6. The van der Waals surface area contributed by atoms with Crippen molar-refractivity contribution < 1.29 is 8.83 Å². The maximum atomic E-state index is 7.12. The smallest absolute Gasteiger partial charge is 0.159 e. The van der Waals surface area contributed by atoms with E-state index in [-0.39, 0.29) is 0 Å². The highest BCUT2D eigenvalue weighted by molar-refractivity contribution is 6.19. The molecule has 0 bridgehead atoms. The Morgan fingerprint density at radius 2 is 0.529 bits per heavy atom. The van der Waals surface area contributed by atoms with Crippen LogP contribution in [0.15, 0.2) is 361 Å². The van der Waals surface area contributed by atoms with E-state index in [0.717, 1.165) is 128 Å². The first-order chi connectivity index (χ1) is 50.6. The van der Waals surface area contributed by atoms with Crippen molar-refractivity contribution in [1.82, 2.24) is 18.3 Å². The molecule has 0 radical (unpaired) electrons. The van der Waals surface area contributed by atoms with Crippen molar-refractivity contribution in [3.05, 3.63) is 352 Å². The molecule has 6 nitrogen and oxygen atoms in total. The summed E-state index contributed by atoms with van der Waals surface area (Å²) in [7, 11) is 0. The number of fused-ring (bicyclic) bond motifs is 18. The summed E-state index contributed by atoms with van der Waals surface area (Å²) in [5, 5.41) is 14.0. The first kappa shape index (κ1) is 56.3. The van der Waals surface area contributed by atoms with Crippen molar-refractivity contribution in [3.8, 4) is 78.4 Å². The average Bonchev–Trinajstić information content (AvgIpc) is 1.59. The summed E-state index contributed by atoms with van der Waals surface area (Å²) in [4.78, 5) is 0. The quantitative estimate of drug-likeness (QED) is 0.145.